The topological polar surface area (TPSA) is 50.1 Å². The molecular weight excluding hydrogens is 384 g/mol. The molecule has 3 aromatic rings. The minimum atomic E-state index is 0. The van der Waals surface area contributed by atoms with Crippen LogP contribution in [0, 0.1) is 13.8 Å². The number of rotatable bonds is 5. The molecule has 0 amide bonds. The first kappa shape index (κ1) is 21.0. The van der Waals surface area contributed by atoms with Crippen molar-refractivity contribution in [1.29, 1.82) is 0 Å². The number of hydrogen-bond donors (Lipinski definition) is 0. The van der Waals surface area contributed by atoms with Crippen molar-refractivity contribution in [3.63, 3.8) is 0 Å². The summed E-state index contributed by atoms with van der Waals surface area (Å²) in [4.78, 5) is 13.5. The van der Waals surface area contributed by atoms with Gasteiger partial charge in [0.25, 0.3) is 5.95 Å². The summed E-state index contributed by atoms with van der Waals surface area (Å²) in [6.07, 6.45) is 9.71. The second-order valence-corrected chi connectivity index (χ2v) is 7.17. The van der Waals surface area contributed by atoms with Crippen LogP contribution in [0.25, 0.3) is 12.0 Å². The number of benzene rings is 1. The van der Waals surface area contributed by atoms with E-state index in [2.05, 4.69) is 68.2 Å². The Morgan fingerprint density at radius 2 is 1.76 bits per heavy atom. The van der Waals surface area contributed by atoms with E-state index in [1.54, 1.807) is 17.1 Å². The zero-order chi connectivity index (χ0) is 19.3. The molecule has 0 saturated carbocycles. The molecule has 0 unspecified atom stereocenters. The Kier molecular flexibility index (Phi) is 7.01. The molecule has 0 bridgehead atoms. The first-order valence-corrected chi connectivity index (χ1v) is 9.73. The fraction of sp³-hybridized carbons (Fsp3) is 0.318. The lowest BCUT2D eigenvalue weighted by molar-refractivity contribution is 0.284. The van der Waals surface area contributed by atoms with E-state index < -0.39 is 0 Å². The van der Waals surface area contributed by atoms with Gasteiger partial charge in [0.15, 0.2) is 0 Å². The summed E-state index contributed by atoms with van der Waals surface area (Å²) in [6, 6.07) is 10.6. The van der Waals surface area contributed by atoms with Crippen LogP contribution in [0.1, 0.15) is 16.8 Å². The lowest BCUT2D eigenvalue weighted by atomic mass is 10.2. The highest BCUT2D eigenvalue weighted by molar-refractivity contribution is 5.85. The molecule has 152 valence electrons. The number of piperazine rings is 1. The first-order valence-electron chi connectivity index (χ1n) is 9.73. The highest BCUT2D eigenvalue weighted by atomic mass is 35.5. The first-order chi connectivity index (χ1) is 13.7. The molecule has 0 N–H and O–H groups in total. The number of nitrogens with zero attached hydrogens (tertiary/aromatic N) is 6. The van der Waals surface area contributed by atoms with E-state index in [9.17, 15) is 0 Å². The Labute approximate surface area is 178 Å². The van der Waals surface area contributed by atoms with Gasteiger partial charge in [-0.25, -0.2) is 14.6 Å². The van der Waals surface area contributed by atoms with Gasteiger partial charge < -0.3 is 4.90 Å². The zero-order valence-electron chi connectivity index (χ0n) is 16.9. The highest BCUT2D eigenvalue weighted by Crippen LogP contribution is 2.18. The molecule has 6 nitrogen and oxygen atoms in total. The third-order valence-electron chi connectivity index (χ3n) is 5.19. The Morgan fingerprint density at radius 1 is 1.00 bits per heavy atom. The summed E-state index contributed by atoms with van der Waals surface area (Å²) in [5.41, 5.74) is 4.80. The quantitative estimate of drug-likeness (QED) is 0.644. The monoisotopic (exact) mass is 410 g/mol. The predicted molar refractivity (Wildman–Crippen MR) is 120 cm³/mol. The molecule has 3 heterocycles. The summed E-state index contributed by atoms with van der Waals surface area (Å²) < 4.78 is 1.78. The van der Waals surface area contributed by atoms with Crippen molar-refractivity contribution in [2.24, 2.45) is 0 Å². The SMILES string of the molecule is Cc1cccc(N2CCN(C/C=C/c3cnn(-c4ncccn4)c3C)CC2)c1.Cl. The molecule has 0 radical (unpaired) electrons. The van der Waals surface area contributed by atoms with Crippen molar-refractivity contribution in [3.8, 4) is 5.95 Å². The molecule has 7 heteroatoms. The Hall–Kier alpha value is -2.70. The smallest absolute Gasteiger partial charge is 0.250 e. The molecule has 2 aromatic heterocycles. The second-order valence-electron chi connectivity index (χ2n) is 7.17. The Balaban J connectivity index is 0.00000240. The van der Waals surface area contributed by atoms with Gasteiger partial charge in [-0.1, -0.05) is 24.3 Å². The molecule has 0 aliphatic carbocycles. The average Bonchev–Trinajstić information content (AvgIpc) is 3.10. The van der Waals surface area contributed by atoms with E-state index in [4.69, 9.17) is 0 Å². The van der Waals surface area contributed by atoms with E-state index in [-0.39, 0.29) is 12.4 Å². The predicted octanol–water partition coefficient (Wildman–Crippen LogP) is 3.54. The van der Waals surface area contributed by atoms with Crippen LogP contribution in [0.3, 0.4) is 0 Å². The van der Waals surface area contributed by atoms with Crippen molar-refractivity contribution in [2.75, 3.05) is 37.6 Å². The van der Waals surface area contributed by atoms with Crippen molar-refractivity contribution in [2.45, 2.75) is 13.8 Å². The maximum absolute atomic E-state index is 4.42. The van der Waals surface area contributed by atoms with Crippen LogP contribution in [0.15, 0.2) is 55.0 Å². The van der Waals surface area contributed by atoms with Crippen LogP contribution in [0.5, 0.6) is 0 Å². The molecule has 4 rings (SSSR count). The van der Waals surface area contributed by atoms with Crippen LogP contribution >= 0.6 is 12.4 Å². The molecule has 29 heavy (non-hydrogen) atoms. The molecule has 0 atom stereocenters. The summed E-state index contributed by atoms with van der Waals surface area (Å²) in [6.45, 7) is 9.44. The zero-order valence-corrected chi connectivity index (χ0v) is 17.7. The fourth-order valence-electron chi connectivity index (χ4n) is 3.53. The van der Waals surface area contributed by atoms with E-state index >= 15 is 0 Å². The average molecular weight is 411 g/mol. The van der Waals surface area contributed by atoms with Crippen LogP contribution < -0.4 is 4.90 Å². The van der Waals surface area contributed by atoms with E-state index in [1.807, 2.05) is 19.2 Å². The Morgan fingerprint density at radius 3 is 2.48 bits per heavy atom. The fourth-order valence-corrected chi connectivity index (χ4v) is 3.53. The third-order valence-corrected chi connectivity index (χ3v) is 5.19. The highest BCUT2D eigenvalue weighted by Gasteiger charge is 2.16. The van der Waals surface area contributed by atoms with Gasteiger partial charge in [0.2, 0.25) is 0 Å². The van der Waals surface area contributed by atoms with Gasteiger partial charge in [-0.15, -0.1) is 12.4 Å². The maximum Gasteiger partial charge on any atom is 0.250 e. The van der Waals surface area contributed by atoms with Gasteiger partial charge in [-0.3, -0.25) is 4.90 Å². The Bertz CT molecular complexity index is 945. The van der Waals surface area contributed by atoms with Crippen molar-refractivity contribution in [1.82, 2.24) is 24.6 Å². The minimum absolute atomic E-state index is 0. The maximum atomic E-state index is 4.42. The van der Waals surface area contributed by atoms with Gasteiger partial charge >= 0.3 is 0 Å². The number of aromatic nitrogens is 4. The lowest BCUT2D eigenvalue weighted by Gasteiger charge is -2.35. The van der Waals surface area contributed by atoms with E-state index in [0.717, 1.165) is 44.0 Å². The van der Waals surface area contributed by atoms with Crippen LogP contribution in [-0.2, 0) is 0 Å². The lowest BCUT2D eigenvalue weighted by Crippen LogP contribution is -2.46. The summed E-state index contributed by atoms with van der Waals surface area (Å²) in [7, 11) is 0. The van der Waals surface area contributed by atoms with Crippen molar-refractivity contribution in [3.05, 3.63) is 71.8 Å². The summed E-state index contributed by atoms with van der Waals surface area (Å²) in [5.74, 6) is 0.604. The molecule has 1 fully saturated rings. The molecule has 0 spiro atoms. The normalized spacial score (nSPS) is 14.9. The second kappa shape index (κ2) is 9.67. The van der Waals surface area contributed by atoms with E-state index in [0.29, 0.717) is 5.95 Å². The molecule has 1 saturated heterocycles. The number of aryl methyl sites for hydroxylation is 1. The van der Waals surface area contributed by atoms with Crippen molar-refractivity contribution >= 4 is 24.2 Å². The van der Waals surface area contributed by atoms with Gasteiger partial charge in [0.1, 0.15) is 0 Å². The van der Waals surface area contributed by atoms with Gasteiger partial charge in [-0.05, 0) is 37.6 Å². The van der Waals surface area contributed by atoms with Gasteiger partial charge in [-0.2, -0.15) is 5.10 Å². The molecule has 1 aliphatic rings. The van der Waals surface area contributed by atoms with E-state index in [1.165, 1.54) is 11.3 Å². The van der Waals surface area contributed by atoms with Gasteiger partial charge in [0.05, 0.1) is 11.9 Å². The largest absolute Gasteiger partial charge is 0.369 e. The summed E-state index contributed by atoms with van der Waals surface area (Å²) >= 11 is 0. The number of hydrogen-bond acceptors (Lipinski definition) is 5. The van der Waals surface area contributed by atoms with Crippen LogP contribution in [-0.4, -0.2) is 57.4 Å². The number of halogens is 1. The molecule has 1 aliphatic heterocycles. The van der Waals surface area contributed by atoms with Crippen LogP contribution in [0.2, 0.25) is 0 Å². The van der Waals surface area contributed by atoms with Crippen molar-refractivity contribution < 1.29 is 0 Å². The minimum Gasteiger partial charge on any atom is -0.369 e. The standard InChI is InChI=1S/C22H26N6.ClH/c1-18-6-3-8-21(16-18)27-14-12-26(13-15-27)11-4-7-20-17-25-28(19(20)2)22-23-9-5-10-24-22;/h3-10,16-17H,11-15H2,1-2H3;1H/b7-4+;. The third kappa shape index (κ3) is 5.02. The molecule has 1 aromatic carbocycles. The summed E-state index contributed by atoms with van der Waals surface area (Å²) in [5, 5.41) is 4.42. The van der Waals surface area contributed by atoms with Crippen LogP contribution in [0.4, 0.5) is 5.69 Å². The van der Waals surface area contributed by atoms with Gasteiger partial charge in [0, 0.05) is 56.4 Å². The molecular formula is C22H27ClN6. The number of anilines is 1.